The summed E-state index contributed by atoms with van der Waals surface area (Å²) < 4.78 is 25.0. The third kappa shape index (κ3) is 5.14. The van der Waals surface area contributed by atoms with E-state index in [2.05, 4.69) is 25.0 Å². The van der Waals surface area contributed by atoms with Crippen molar-refractivity contribution in [1.82, 2.24) is 14.7 Å². The molecule has 136 valence electrons. The summed E-state index contributed by atoms with van der Waals surface area (Å²) in [6.45, 7) is 0.929. The second kappa shape index (κ2) is 8.11. The van der Waals surface area contributed by atoms with Crippen molar-refractivity contribution in [2.45, 2.75) is 13.0 Å². The molecule has 0 aliphatic rings. The Morgan fingerprint density at radius 3 is 2.96 bits per heavy atom. The number of aromatic amines is 1. The van der Waals surface area contributed by atoms with E-state index in [9.17, 15) is 8.42 Å². The quantitative estimate of drug-likeness (QED) is 0.418. The first-order valence-electron chi connectivity index (χ1n) is 8.20. The van der Waals surface area contributed by atoms with Crippen LogP contribution >= 0.6 is 0 Å². The maximum atomic E-state index is 11.2. The molecule has 0 atom stereocenters. The van der Waals surface area contributed by atoms with Crippen LogP contribution in [0.1, 0.15) is 11.1 Å². The Morgan fingerprint density at radius 1 is 1.31 bits per heavy atom. The molecule has 8 heteroatoms. The van der Waals surface area contributed by atoms with Gasteiger partial charge in [0, 0.05) is 36.4 Å². The molecule has 0 amide bonds. The highest BCUT2D eigenvalue weighted by Crippen LogP contribution is 2.20. The minimum Gasteiger partial charge on any atom is -0.361 e. The number of pyridine rings is 1. The SMILES string of the molecule is CS(=O)(=O)NCc1ccc2[nH]cc(CCN=CNc3cccnc3)c2c1. The van der Waals surface area contributed by atoms with Crippen LogP contribution in [0.2, 0.25) is 0 Å². The number of aromatic nitrogens is 2. The van der Waals surface area contributed by atoms with E-state index in [4.69, 9.17) is 0 Å². The van der Waals surface area contributed by atoms with Crippen LogP contribution in [0.15, 0.2) is 53.9 Å². The molecule has 0 unspecified atom stereocenters. The van der Waals surface area contributed by atoms with Crippen molar-refractivity contribution < 1.29 is 8.42 Å². The highest BCUT2D eigenvalue weighted by molar-refractivity contribution is 7.88. The zero-order valence-corrected chi connectivity index (χ0v) is 15.3. The van der Waals surface area contributed by atoms with Crippen LogP contribution in [0.5, 0.6) is 0 Å². The van der Waals surface area contributed by atoms with Gasteiger partial charge in [0.25, 0.3) is 0 Å². The Labute approximate surface area is 152 Å². The van der Waals surface area contributed by atoms with Crippen LogP contribution in [-0.4, -0.2) is 37.5 Å². The summed E-state index contributed by atoms with van der Waals surface area (Å²) in [5, 5.41) is 4.17. The molecule has 0 spiro atoms. The average molecular weight is 371 g/mol. The van der Waals surface area contributed by atoms with E-state index in [0.29, 0.717) is 6.54 Å². The van der Waals surface area contributed by atoms with Crippen molar-refractivity contribution in [3.63, 3.8) is 0 Å². The van der Waals surface area contributed by atoms with Crippen molar-refractivity contribution in [3.05, 3.63) is 60.0 Å². The van der Waals surface area contributed by atoms with Crippen molar-refractivity contribution in [1.29, 1.82) is 0 Å². The molecule has 0 saturated carbocycles. The molecule has 3 N–H and O–H groups in total. The Hall–Kier alpha value is -2.71. The number of H-pyrrole nitrogens is 1. The fourth-order valence-corrected chi connectivity index (χ4v) is 3.00. The van der Waals surface area contributed by atoms with E-state index in [1.54, 1.807) is 18.7 Å². The summed E-state index contributed by atoms with van der Waals surface area (Å²) in [7, 11) is -3.20. The predicted octanol–water partition coefficient (Wildman–Crippen LogP) is 2.29. The summed E-state index contributed by atoms with van der Waals surface area (Å²) in [6, 6.07) is 9.67. The number of aliphatic imine (C=N–C) groups is 1. The highest BCUT2D eigenvalue weighted by Gasteiger charge is 2.06. The smallest absolute Gasteiger partial charge is 0.209 e. The summed E-state index contributed by atoms with van der Waals surface area (Å²) in [4.78, 5) is 11.6. The van der Waals surface area contributed by atoms with Crippen LogP contribution < -0.4 is 10.0 Å². The summed E-state index contributed by atoms with van der Waals surface area (Å²) in [5.74, 6) is 0. The largest absolute Gasteiger partial charge is 0.361 e. The number of nitrogens with one attached hydrogen (secondary N) is 3. The number of sulfonamides is 1. The van der Waals surface area contributed by atoms with E-state index in [0.717, 1.165) is 40.4 Å². The molecule has 0 aliphatic heterocycles. The molecule has 2 heterocycles. The van der Waals surface area contributed by atoms with Gasteiger partial charge in [-0.15, -0.1) is 0 Å². The summed E-state index contributed by atoms with van der Waals surface area (Å²) in [5.41, 5.74) is 4.00. The lowest BCUT2D eigenvalue weighted by Gasteiger charge is -2.04. The van der Waals surface area contributed by atoms with Gasteiger partial charge in [0.05, 0.1) is 24.5 Å². The predicted molar refractivity (Wildman–Crippen MR) is 105 cm³/mol. The molecular formula is C18H21N5O2S. The second-order valence-electron chi connectivity index (χ2n) is 5.96. The molecule has 0 bridgehead atoms. The third-order valence-electron chi connectivity index (χ3n) is 3.86. The minimum absolute atomic E-state index is 0.284. The number of benzene rings is 1. The van der Waals surface area contributed by atoms with Gasteiger partial charge >= 0.3 is 0 Å². The third-order valence-corrected chi connectivity index (χ3v) is 4.53. The molecule has 0 aliphatic carbocycles. The number of anilines is 1. The number of fused-ring (bicyclic) bond motifs is 1. The van der Waals surface area contributed by atoms with Crippen molar-refractivity contribution in [3.8, 4) is 0 Å². The fourth-order valence-electron chi connectivity index (χ4n) is 2.57. The summed E-state index contributed by atoms with van der Waals surface area (Å²) in [6.07, 6.45) is 9.05. The monoisotopic (exact) mass is 371 g/mol. The van der Waals surface area contributed by atoms with Crippen LogP contribution in [0, 0.1) is 0 Å². The topological polar surface area (TPSA) is 99.2 Å². The van der Waals surface area contributed by atoms with E-state index >= 15 is 0 Å². The molecule has 0 fully saturated rings. The standard InChI is InChI=1S/C18H21N5O2S/c1-26(24,25)23-10-14-4-5-18-17(9-14)15(11-21-18)6-8-20-13-22-16-3-2-7-19-12-16/h2-5,7,9,11-13,21,23H,6,8,10H2,1H3,(H,20,22). The molecule has 0 radical (unpaired) electrons. The molecule has 26 heavy (non-hydrogen) atoms. The number of hydrogen-bond acceptors (Lipinski definition) is 4. The fraction of sp³-hybridized carbons (Fsp3) is 0.222. The minimum atomic E-state index is -3.20. The lowest BCUT2D eigenvalue weighted by atomic mass is 10.1. The zero-order chi connectivity index (χ0) is 18.4. The molecule has 1 aromatic carbocycles. The van der Waals surface area contributed by atoms with E-state index in [1.807, 2.05) is 36.5 Å². The number of rotatable bonds is 8. The first kappa shape index (κ1) is 18.1. The maximum absolute atomic E-state index is 11.2. The summed E-state index contributed by atoms with van der Waals surface area (Å²) >= 11 is 0. The first-order chi connectivity index (χ1) is 12.5. The molecular weight excluding hydrogens is 350 g/mol. The molecule has 3 aromatic rings. The first-order valence-corrected chi connectivity index (χ1v) is 10.1. The van der Waals surface area contributed by atoms with Gasteiger partial charge in [-0.25, -0.2) is 13.1 Å². The normalized spacial score (nSPS) is 12.0. The van der Waals surface area contributed by atoms with E-state index < -0.39 is 10.0 Å². The Balaban J connectivity index is 1.60. The van der Waals surface area contributed by atoms with Crippen molar-refractivity contribution >= 4 is 33.0 Å². The van der Waals surface area contributed by atoms with Gasteiger partial charge in [0.2, 0.25) is 10.0 Å². The van der Waals surface area contributed by atoms with Crippen LogP contribution in [0.3, 0.4) is 0 Å². The van der Waals surface area contributed by atoms with E-state index in [-0.39, 0.29) is 6.54 Å². The zero-order valence-electron chi connectivity index (χ0n) is 14.4. The van der Waals surface area contributed by atoms with Crippen LogP contribution in [-0.2, 0) is 23.0 Å². The van der Waals surface area contributed by atoms with Gasteiger partial charge in [-0.2, -0.15) is 0 Å². The molecule has 7 nitrogen and oxygen atoms in total. The second-order valence-corrected chi connectivity index (χ2v) is 7.79. The van der Waals surface area contributed by atoms with Gasteiger partial charge in [0.1, 0.15) is 0 Å². The Morgan fingerprint density at radius 2 is 2.19 bits per heavy atom. The lowest BCUT2D eigenvalue weighted by molar-refractivity contribution is 0.587. The van der Waals surface area contributed by atoms with Gasteiger partial charge < -0.3 is 10.3 Å². The lowest BCUT2D eigenvalue weighted by Crippen LogP contribution is -2.21. The number of nitrogens with zero attached hydrogens (tertiary/aromatic N) is 2. The molecule has 0 saturated heterocycles. The van der Waals surface area contributed by atoms with Gasteiger partial charge in [0.15, 0.2) is 0 Å². The Kier molecular flexibility index (Phi) is 5.65. The van der Waals surface area contributed by atoms with Crippen LogP contribution in [0.4, 0.5) is 5.69 Å². The maximum Gasteiger partial charge on any atom is 0.209 e. The van der Waals surface area contributed by atoms with Gasteiger partial charge in [-0.3, -0.25) is 9.98 Å². The van der Waals surface area contributed by atoms with Crippen molar-refractivity contribution in [2.24, 2.45) is 4.99 Å². The van der Waals surface area contributed by atoms with Gasteiger partial charge in [-0.05, 0) is 41.8 Å². The molecule has 3 rings (SSSR count). The van der Waals surface area contributed by atoms with Crippen LogP contribution in [0.25, 0.3) is 10.9 Å². The average Bonchev–Trinajstić information content (AvgIpc) is 3.02. The number of hydrogen-bond donors (Lipinski definition) is 3. The van der Waals surface area contributed by atoms with E-state index in [1.165, 1.54) is 0 Å². The van der Waals surface area contributed by atoms with Gasteiger partial charge in [-0.1, -0.05) is 6.07 Å². The van der Waals surface area contributed by atoms with Crippen molar-refractivity contribution in [2.75, 3.05) is 18.1 Å². The Bertz CT molecular complexity index is 997. The molecule has 2 aromatic heterocycles. The highest BCUT2D eigenvalue weighted by atomic mass is 32.2.